The van der Waals surface area contributed by atoms with E-state index in [0.717, 1.165) is 5.75 Å². The van der Waals surface area contributed by atoms with Gasteiger partial charge in [-0.15, -0.1) is 0 Å². The first-order valence-corrected chi connectivity index (χ1v) is 5.74. The summed E-state index contributed by atoms with van der Waals surface area (Å²) in [6.45, 7) is 8.80. The third kappa shape index (κ3) is 1.36. The second-order valence-corrected chi connectivity index (χ2v) is 5.24. The standard InChI is InChI=1S/C14H20O2/c1-10-13(2,3)14(4,16-10)11-6-8-12(15-5)9-7-11/h6-10H,1-5H3. The maximum absolute atomic E-state index is 5.96. The van der Waals surface area contributed by atoms with Crippen molar-refractivity contribution in [3.63, 3.8) is 0 Å². The molecule has 0 spiro atoms. The van der Waals surface area contributed by atoms with E-state index < -0.39 is 0 Å². The fraction of sp³-hybridized carbons (Fsp3) is 0.571. The van der Waals surface area contributed by atoms with E-state index in [1.54, 1.807) is 7.11 Å². The van der Waals surface area contributed by atoms with Crippen LogP contribution in [-0.2, 0) is 10.3 Å². The minimum absolute atomic E-state index is 0.168. The first kappa shape index (κ1) is 11.5. The quantitative estimate of drug-likeness (QED) is 0.761. The Bertz CT molecular complexity index is 380. The number of hydrogen-bond acceptors (Lipinski definition) is 2. The Hall–Kier alpha value is -1.02. The molecule has 2 nitrogen and oxygen atoms in total. The topological polar surface area (TPSA) is 18.5 Å². The average molecular weight is 220 g/mol. The molecular weight excluding hydrogens is 200 g/mol. The van der Waals surface area contributed by atoms with Gasteiger partial charge in [0, 0.05) is 5.41 Å². The Labute approximate surface area is 97.6 Å². The van der Waals surface area contributed by atoms with Crippen LogP contribution < -0.4 is 4.74 Å². The fourth-order valence-corrected chi connectivity index (χ4v) is 2.33. The van der Waals surface area contributed by atoms with E-state index in [-0.39, 0.29) is 11.0 Å². The number of hydrogen-bond donors (Lipinski definition) is 0. The molecule has 1 fully saturated rings. The molecule has 0 radical (unpaired) electrons. The lowest BCUT2D eigenvalue weighted by Crippen LogP contribution is -2.61. The molecule has 0 amide bonds. The lowest BCUT2D eigenvalue weighted by atomic mass is 9.63. The van der Waals surface area contributed by atoms with E-state index in [1.807, 2.05) is 12.1 Å². The Morgan fingerprint density at radius 3 is 2.06 bits per heavy atom. The SMILES string of the molecule is COc1ccc(C2(C)OC(C)C2(C)C)cc1. The monoisotopic (exact) mass is 220 g/mol. The van der Waals surface area contributed by atoms with Gasteiger partial charge >= 0.3 is 0 Å². The molecule has 1 saturated heterocycles. The van der Waals surface area contributed by atoms with Crippen LogP contribution in [0.4, 0.5) is 0 Å². The van der Waals surface area contributed by atoms with Gasteiger partial charge in [-0.1, -0.05) is 26.0 Å². The molecule has 1 aromatic rings. The summed E-state index contributed by atoms with van der Waals surface area (Å²) in [4.78, 5) is 0. The molecule has 16 heavy (non-hydrogen) atoms. The van der Waals surface area contributed by atoms with E-state index in [1.165, 1.54) is 5.56 Å². The van der Waals surface area contributed by atoms with Crippen molar-refractivity contribution in [2.24, 2.45) is 5.41 Å². The predicted octanol–water partition coefficient (Wildman–Crippen LogP) is 3.36. The molecule has 2 atom stereocenters. The second kappa shape index (κ2) is 3.49. The van der Waals surface area contributed by atoms with Gasteiger partial charge in [-0.2, -0.15) is 0 Å². The van der Waals surface area contributed by atoms with Crippen LogP contribution in [0.2, 0.25) is 0 Å². The molecule has 0 aliphatic carbocycles. The van der Waals surface area contributed by atoms with Crippen molar-refractivity contribution in [2.45, 2.75) is 39.4 Å². The first-order valence-electron chi connectivity index (χ1n) is 5.74. The summed E-state index contributed by atoms with van der Waals surface area (Å²) in [5.41, 5.74) is 1.21. The van der Waals surface area contributed by atoms with Gasteiger partial charge in [0.15, 0.2) is 0 Å². The summed E-state index contributed by atoms with van der Waals surface area (Å²) in [7, 11) is 1.68. The van der Waals surface area contributed by atoms with Gasteiger partial charge < -0.3 is 9.47 Å². The third-order valence-corrected chi connectivity index (χ3v) is 4.30. The lowest BCUT2D eigenvalue weighted by Gasteiger charge is -2.59. The minimum Gasteiger partial charge on any atom is -0.497 e. The lowest BCUT2D eigenvalue weighted by molar-refractivity contribution is -0.300. The third-order valence-electron chi connectivity index (χ3n) is 4.30. The van der Waals surface area contributed by atoms with Crippen molar-refractivity contribution in [1.29, 1.82) is 0 Å². The normalized spacial score (nSPS) is 31.9. The number of benzene rings is 1. The summed E-state index contributed by atoms with van der Waals surface area (Å²) < 4.78 is 11.1. The van der Waals surface area contributed by atoms with Crippen LogP contribution in [0.15, 0.2) is 24.3 Å². The first-order chi connectivity index (χ1) is 7.41. The summed E-state index contributed by atoms with van der Waals surface area (Å²) >= 11 is 0. The molecule has 0 aromatic heterocycles. The Morgan fingerprint density at radius 2 is 1.69 bits per heavy atom. The van der Waals surface area contributed by atoms with Crippen molar-refractivity contribution in [1.82, 2.24) is 0 Å². The molecule has 1 aliphatic heterocycles. The maximum atomic E-state index is 5.96. The summed E-state index contributed by atoms with van der Waals surface area (Å²) in [5, 5.41) is 0. The number of ether oxygens (including phenoxy) is 2. The molecule has 88 valence electrons. The van der Waals surface area contributed by atoms with Gasteiger partial charge in [-0.25, -0.2) is 0 Å². The average Bonchev–Trinajstić information content (AvgIpc) is 2.29. The molecule has 1 aromatic carbocycles. The Kier molecular flexibility index (Phi) is 2.50. The van der Waals surface area contributed by atoms with Crippen LogP contribution >= 0.6 is 0 Å². The van der Waals surface area contributed by atoms with Crippen molar-refractivity contribution in [3.05, 3.63) is 29.8 Å². The highest BCUT2D eigenvalue weighted by molar-refractivity contribution is 5.33. The highest BCUT2D eigenvalue weighted by atomic mass is 16.5. The van der Waals surface area contributed by atoms with E-state index in [4.69, 9.17) is 9.47 Å². The predicted molar refractivity (Wildman–Crippen MR) is 64.7 cm³/mol. The van der Waals surface area contributed by atoms with Crippen LogP contribution in [0, 0.1) is 5.41 Å². The van der Waals surface area contributed by atoms with Crippen LogP contribution in [0.3, 0.4) is 0 Å². The van der Waals surface area contributed by atoms with E-state index in [2.05, 4.69) is 39.8 Å². The van der Waals surface area contributed by atoms with Crippen molar-refractivity contribution >= 4 is 0 Å². The van der Waals surface area contributed by atoms with Crippen molar-refractivity contribution in [2.75, 3.05) is 7.11 Å². The molecular formula is C14H20O2. The van der Waals surface area contributed by atoms with Gasteiger partial charge in [0.2, 0.25) is 0 Å². The number of methoxy groups -OCH3 is 1. The van der Waals surface area contributed by atoms with Gasteiger partial charge in [0.1, 0.15) is 5.75 Å². The van der Waals surface area contributed by atoms with Crippen LogP contribution in [-0.4, -0.2) is 13.2 Å². The highest BCUT2D eigenvalue weighted by Crippen LogP contribution is 2.55. The zero-order valence-electron chi connectivity index (χ0n) is 10.7. The summed E-state index contributed by atoms with van der Waals surface area (Å²) in [6, 6.07) is 8.16. The minimum atomic E-state index is -0.182. The van der Waals surface area contributed by atoms with E-state index >= 15 is 0 Å². The highest BCUT2D eigenvalue weighted by Gasteiger charge is 2.57. The molecule has 2 heteroatoms. The fourth-order valence-electron chi connectivity index (χ4n) is 2.33. The van der Waals surface area contributed by atoms with E-state index in [0.29, 0.717) is 6.10 Å². The molecule has 1 aliphatic rings. The number of rotatable bonds is 2. The Morgan fingerprint density at radius 1 is 1.12 bits per heavy atom. The largest absolute Gasteiger partial charge is 0.497 e. The zero-order valence-corrected chi connectivity index (χ0v) is 10.7. The zero-order chi connectivity index (χ0) is 12.0. The molecule has 1 heterocycles. The molecule has 2 rings (SSSR count). The maximum Gasteiger partial charge on any atom is 0.118 e. The summed E-state index contributed by atoms with van der Waals surface area (Å²) in [6.07, 6.45) is 0.305. The van der Waals surface area contributed by atoms with Gasteiger partial charge in [-0.3, -0.25) is 0 Å². The molecule has 0 bridgehead atoms. The van der Waals surface area contributed by atoms with Crippen molar-refractivity contribution < 1.29 is 9.47 Å². The molecule has 0 N–H and O–H groups in total. The Balaban J connectivity index is 2.31. The molecule has 0 saturated carbocycles. The summed E-state index contributed by atoms with van der Waals surface area (Å²) in [5.74, 6) is 0.887. The van der Waals surface area contributed by atoms with E-state index in [9.17, 15) is 0 Å². The smallest absolute Gasteiger partial charge is 0.118 e. The molecule has 2 unspecified atom stereocenters. The van der Waals surface area contributed by atoms with Crippen LogP contribution in [0.25, 0.3) is 0 Å². The van der Waals surface area contributed by atoms with Gasteiger partial charge in [-0.05, 0) is 31.5 Å². The van der Waals surface area contributed by atoms with Crippen LogP contribution in [0.5, 0.6) is 5.75 Å². The van der Waals surface area contributed by atoms with Gasteiger partial charge in [0.05, 0.1) is 18.8 Å². The van der Waals surface area contributed by atoms with Crippen LogP contribution in [0.1, 0.15) is 33.3 Å². The van der Waals surface area contributed by atoms with Crippen molar-refractivity contribution in [3.8, 4) is 5.75 Å². The van der Waals surface area contributed by atoms with Gasteiger partial charge in [0.25, 0.3) is 0 Å². The second-order valence-electron chi connectivity index (χ2n) is 5.24.